The standard InChI is InChI=1S/C21H23N3O3/c1-13(22-16-8-5-14(6-9-16)12-24(2)3)19-17-10-7-15(21(26)27-4)11-18(17)23-20(19)25/h5-11,23,25H,12H2,1-4H3. The molecule has 0 atom stereocenters. The maximum atomic E-state index is 11.7. The van der Waals surface area contributed by atoms with E-state index in [1.807, 2.05) is 45.3 Å². The molecule has 140 valence electrons. The van der Waals surface area contributed by atoms with E-state index in [9.17, 15) is 9.90 Å². The highest BCUT2D eigenvalue weighted by molar-refractivity contribution is 6.13. The zero-order valence-corrected chi connectivity index (χ0v) is 15.9. The molecular formula is C21H23N3O3. The Labute approximate surface area is 158 Å². The molecular weight excluding hydrogens is 342 g/mol. The second-order valence-electron chi connectivity index (χ2n) is 6.70. The number of hydrogen-bond acceptors (Lipinski definition) is 5. The van der Waals surface area contributed by atoms with E-state index >= 15 is 0 Å². The number of ether oxygens (including phenoxy) is 1. The Morgan fingerprint density at radius 1 is 1.19 bits per heavy atom. The molecule has 0 aliphatic carbocycles. The lowest BCUT2D eigenvalue weighted by Gasteiger charge is -2.09. The molecule has 2 aromatic carbocycles. The highest BCUT2D eigenvalue weighted by atomic mass is 16.5. The van der Waals surface area contributed by atoms with Crippen LogP contribution in [0.4, 0.5) is 5.69 Å². The number of aliphatic imine (C=N–C) groups is 1. The van der Waals surface area contributed by atoms with Crippen molar-refractivity contribution < 1.29 is 14.6 Å². The van der Waals surface area contributed by atoms with E-state index in [1.54, 1.807) is 18.2 Å². The fourth-order valence-electron chi connectivity index (χ4n) is 3.08. The Balaban J connectivity index is 1.95. The molecule has 1 aromatic heterocycles. The van der Waals surface area contributed by atoms with Gasteiger partial charge in [0.05, 0.1) is 29.6 Å². The van der Waals surface area contributed by atoms with Crippen molar-refractivity contribution in [3.8, 4) is 5.88 Å². The predicted octanol–water partition coefficient (Wildman–Crippen LogP) is 3.86. The molecule has 0 radical (unpaired) electrons. The summed E-state index contributed by atoms with van der Waals surface area (Å²) >= 11 is 0. The average molecular weight is 365 g/mol. The Bertz CT molecular complexity index is 1000. The minimum atomic E-state index is -0.421. The van der Waals surface area contributed by atoms with E-state index < -0.39 is 5.97 Å². The summed E-state index contributed by atoms with van der Waals surface area (Å²) in [6.45, 7) is 2.72. The monoisotopic (exact) mass is 365 g/mol. The number of carbonyl (C=O) groups is 1. The SMILES string of the molecule is COC(=O)c1ccc2c(C(C)=Nc3ccc(CN(C)C)cc3)c(O)[nH]c2c1. The summed E-state index contributed by atoms with van der Waals surface area (Å²) in [4.78, 5) is 21.3. The van der Waals surface area contributed by atoms with Crippen LogP contribution in [0.15, 0.2) is 47.5 Å². The first kappa shape index (κ1) is 18.7. The summed E-state index contributed by atoms with van der Waals surface area (Å²) in [5, 5.41) is 11.2. The molecule has 0 saturated carbocycles. The maximum absolute atomic E-state index is 11.7. The quantitative estimate of drug-likeness (QED) is 0.532. The van der Waals surface area contributed by atoms with Crippen molar-refractivity contribution in [2.45, 2.75) is 13.5 Å². The summed E-state index contributed by atoms with van der Waals surface area (Å²) < 4.78 is 4.74. The first-order chi connectivity index (χ1) is 12.9. The number of esters is 1. The minimum Gasteiger partial charge on any atom is -0.494 e. The number of rotatable bonds is 5. The van der Waals surface area contributed by atoms with E-state index in [-0.39, 0.29) is 5.88 Å². The number of aromatic amines is 1. The Hall–Kier alpha value is -3.12. The van der Waals surface area contributed by atoms with Crippen molar-refractivity contribution >= 4 is 28.3 Å². The lowest BCUT2D eigenvalue weighted by molar-refractivity contribution is 0.0601. The lowest BCUT2D eigenvalue weighted by Crippen LogP contribution is -2.10. The van der Waals surface area contributed by atoms with Gasteiger partial charge in [0.25, 0.3) is 0 Å². The first-order valence-electron chi connectivity index (χ1n) is 8.61. The van der Waals surface area contributed by atoms with Gasteiger partial charge in [0, 0.05) is 17.4 Å². The number of benzene rings is 2. The van der Waals surface area contributed by atoms with Crippen LogP contribution in [-0.4, -0.2) is 47.9 Å². The van der Waals surface area contributed by atoms with Crippen LogP contribution < -0.4 is 0 Å². The van der Waals surface area contributed by atoms with E-state index in [0.717, 1.165) is 17.6 Å². The van der Waals surface area contributed by atoms with Gasteiger partial charge < -0.3 is 19.7 Å². The molecule has 0 amide bonds. The molecule has 2 N–H and O–H groups in total. The smallest absolute Gasteiger partial charge is 0.337 e. The van der Waals surface area contributed by atoms with Gasteiger partial charge in [-0.3, -0.25) is 4.99 Å². The highest BCUT2D eigenvalue weighted by Gasteiger charge is 2.16. The van der Waals surface area contributed by atoms with Crippen molar-refractivity contribution in [2.75, 3.05) is 21.2 Å². The number of carbonyl (C=O) groups excluding carboxylic acids is 1. The van der Waals surface area contributed by atoms with Gasteiger partial charge >= 0.3 is 5.97 Å². The fraction of sp³-hybridized carbons (Fsp3) is 0.238. The third-order valence-corrected chi connectivity index (χ3v) is 4.29. The van der Waals surface area contributed by atoms with E-state index in [4.69, 9.17) is 4.74 Å². The molecule has 0 unspecified atom stereocenters. The molecule has 6 heteroatoms. The molecule has 1 heterocycles. The lowest BCUT2D eigenvalue weighted by atomic mass is 10.1. The number of aromatic nitrogens is 1. The Kier molecular flexibility index (Phi) is 5.28. The summed E-state index contributed by atoms with van der Waals surface area (Å²) in [6.07, 6.45) is 0. The van der Waals surface area contributed by atoms with Crippen molar-refractivity contribution in [1.82, 2.24) is 9.88 Å². The number of nitrogens with zero attached hydrogens (tertiary/aromatic N) is 2. The molecule has 3 aromatic rings. The molecule has 0 bridgehead atoms. The van der Waals surface area contributed by atoms with Gasteiger partial charge in [0.15, 0.2) is 5.88 Å². The topological polar surface area (TPSA) is 77.9 Å². The largest absolute Gasteiger partial charge is 0.494 e. The Morgan fingerprint density at radius 2 is 1.89 bits per heavy atom. The second-order valence-corrected chi connectivity index (χ2v) is 6.70. The van der Waals surface area contributed by atoms with Crippen molar-refractivity contribution in [3.63, 3.8) is 0 Å². The molecule has 3 rings (SSSR count). The van der Waals surface area contributed by atoms with Gasteiger partial charge in [-0.1, -0.05) is 18.2 Å². The number of fused-ring (bicyclic) bond motifs is 1. The summed E-state index contributed by atoms with van der Waals surface area (Å²) in [5.74, 6) is -0.395. The third kappa shape index (κ3) is 4.01. The van der Waals surface area contributed by atoms with E-state index in [1.165, 1.54) is 12.7 Å². The normalized spacial score (nSPS) is 12.0. The fourth-order valence-corrected chi connectivity index (χ4v) is 3.08. The zero-order chi connectivity index (χ0) is 19.6. The van der Waals surface area contributed by atoms with Crippen LogP contribution in [0.5, 0.6) is 5.88 Å². The van der Waals surface area contributed by atoms with Gasteiger partial charge in [0.1, 0.15) is 0 Å². The second kappa shape index (κ2) is 7.63. The number of nitrogens with one attached hydrogen (secondary N) is 1. The first-order valence-corrected chi connectivity index (χ1v) is 8.61. The summed E-state index contributed by atoms with van der Waals surface area (Å²) in [5.41, 5.74) is 4.41. The predicted molar refractivity (Wildman–Crippen MR) is 107 cm³/mol. The van der Waals surface area contributed by atoms with Crippen LogP contribution in [-0.2, 0) is 11.3 Å². The van der Waals surface area contributed by atoms with Gasteiger partial charge in [-0.25, -0.2) is 4.79 Å². The molecule has 6 nitrogen and oxygen atoms in total. The van der Waals surface area contributed by atoms with Crippen LogP contribution in [0.1, 0.15) is 28.4 Å². The van der Waals surface area contributed by atoms with E-state index in [0.29, 0.717) is 22.4 Å². The third-order valence-electron chi connectivity index (χ3n) is 4.29. The number of aromatic hydroxyl groups is 1. The Morgan fingerprint density at radius 3 is 2.52 bits per heavy atom. The maximum Gasteiger partial charge on any atom is 0.337 e. The van der Waals surface area contributed by atoms with Gasteiger partial charge in [-0.2, -0.15) is 0 Å². The van der Waals surface area contributed by atoms with Crippen molar-refractivity contribution in [1.29, 1.82) is 0 Å². The van der Waals surface area contributed by atoms with E-state index in [2.05, 4.69) is 14.9 Å². The number of hydrogen-bond donors (Lipinski definition) is 2. The molecule has 0 aliphatic rings. The summed E-state index contributed by atoms with van der Waals surface area (Å²) in [7, 11) is 5.40. The van der Waals surface area contributed by atoms with Gasteiger partial charge in [-0.05, 0) is 50.8 Å². The van der Waals surface area contributed by atoms with Crippen LogP contribution in [0.2, 0.25) is 0 Å². The van der Waals surface area contributed by atoms with Crippen molar-refractivity contribution in [2.24, 2.45) is 4.99 Å². The molecule has 27 heavy (non-hydrogen) atoms. The van der Waals surface area contributed by atoms with Crippen LogP contribution in [0.3, 0.4) is 0 Å². The summed E-state index contributed by atoms with van der Waals surface area (Å²) in [6, 6.07) is 13.1. The van der Waals surface area contributed by atoms with Gasteiger partial charge in [0.2, 0.25) is 0 Å². The van der Waals surface area contributed by atoms with Crippen LogP contribution >= 0.6 is 0 Å². The number of methoxy groups -OCH3 is 1. The molecule has 0 fully saturated rings. The van der Waals surface area contributed by atoms with Crippen molar-refractivity contribution in [3.05, 3.63) is 59.2 Å². The molecule has 0 spiro atoms. The van der Waals surface area contributed by atoms with Crippen LogP contribution in [0, 0.1) is 0 Å². The van der Waals surface area contributed by atoms with Gasteiger partial charge in [-0.15, -0.1) is 0 Å². The zero-order valence-electron chi connectivity index (χ0n) is 15.9. The van der Waals surface area contributed by atoms with Crippen LogP contribution in [0.25, 0.3) is 10.9 Å². The minimum absolute atomic E-state index is 0.0255. The number of H-pyrrole nitrogens is 1. The molecule has 0 saturated heterocycles. The highest BCUT2D eigenvalue weighted by Crippen LogP contribution is 2.30. The average Bonchev–Trinajstić information content (AvgIpc) is 2.97. The molecule has 0 aliphatic heterocycles.